The largest absolute Gasteiger partial charge is 0.504 e. The van der Waals surface area contributed by atoms with E-state index in [0.29, 0.717) is 31.9 Å². The lowest BCUT2D eigenvalue weighted by Crippen LogP contribution is -2.40. The fourth-order valence-electron chi connectivity index (χ4n) is 4.49. The number of carbonyl (C=O) groups is 1. The number of benzene rings is 3. The third-order valence-electron chi connectivity index (χ3n) is 6.31. The number of rotatable bonds is 7. The Labute approximate surface area is 233 Å². The second-order valence-electron chi connectivity index (χ2n) is 8.64. The molecule has 0 saturated carbocycles. The van der Waals surface area contributed by atoms with Gasteiger partial charge in [0, 0.05) is 10.5 Å². The highest BCUT2D eigenvalue weighted by Crippen LogP contribution is 2.35. The number of esters is 1. The number of methoxy groups -OCH3 is 1. The maximum Gasteiger partial charge on any atom is 0.338 e. The number of nitrogens with zero attached hydrogens (tertiary/aromatic N) is 2. The molecule has 9 heteroatoms. The van der Waals surface area contributed by atoms with Crippen molar-refractivity contribution in [2.75, 3.05) is 20.0 Å². The maximum absolute atomic E-state index is 13.9. The van der Waals surface area contributed by atoms with E-state index in [1.807, 2.05) is 60.9 Å². The van der Waals surface area contributed by atoms with E-state index in [0.717, 1.165) is 16.0 Å². The maximum atomic E-state index is 13.9. The Morgan fingerprint density at radius 3 is 2.51 bits per heavy atom. The molecule has 0 amide bonds. The van der Waals surface area contributed by atoms with Crippen molar-refractivity contribution in [2.24, 2.45) is 4.99 Å². The smallest absolute Gasteiger partial charge is 0.338 e. The highest BCUT2D eigenvalue weighted by molar-refractivity contribution is 7.98. The van der Waals surface area contributed by atoms with E-state index in [4.69, 9.17) is 14.5 Å². The number of hydrogen-bond donors (Lipinski definition) is 1. The third-order valence-corrected chi connectivity index (χ3v) is 8.03. The summed E-state index contributed by atoms with van der Waals surface area (Å²) in [7, 11) is 1.48. The Morgan fingerprint density at radius 1 is 1.13 bits per heavy atom. The zero-order valence-corrected chi connectivity index (χ0v) is 23.2. The molecule has 0 unspecified atom stereocenters. The first-order chi connectivity index (χ1) is 18.9. The summed E-state index contributed by atoms with van der Waals surface area (Å²) in [6.07, 6.45) is 3.69. The first-order valence-electron chi connectivity index (χ1n) is 12.2. The van der Waals surface area contributed by atoms with E-state index >= 15 is 0 Å². The molecule has 39 heavy (non-hydrogen) atoms. The molecule has 2 heterocycles. The summed E-state index contributed by atoms with van der Waals surface area (Å²) < 4.78 is 12.6. The van der Waals surface area contributed by atoms with Gasteiger partial charge in [-0.3, -0.25) is 9.36 Å². The summed E-state index contributed by atoms with van der Waals surface area (Å²) in [6.45, 7) is 1.94. The Kier molecular flexibility index (Phi) is 7.72. The van der Waals surface area contributed by atoms with Gasteiger partial charge in [0.25, 0.3) is 5.56 Å². The minimum Gasteiger partial charge on any atom is -0.504 e. The van der Waals surface area contributed by atoms with Crippen LogP contribution in [0.3, 0.4) is 0 Å². The average Bonchev–Trinajstić information content (AvgIpc) is 3.27. The molecule has 0 radical (unpaired) electrons. The van der Waals surface area contributed by atoms with Crippen LogP contribution in [-0.4, -0.2) is 35.6 Å². The van der Waals surface area contributed by atoms with Crippen molar-refractivity contribution >= 4 is 40.8 Å². The van der Waals surface area contributed by atoms with Gasteiger partial charge < -0.3 is 14.6 Å². The normalized spacial score (nSPS) is 15.1. The summed E-state index contributed by atoms with van der Waals surface area (Å²) in [5, 5.41) is 10.2. The second kappa shape index (κ2) is 11.3. The molecule has 198 valence electrons. The standard InChI is InChI=1S/C30H26N2O5S2/c1-4-37-29(35)25-26(19-8-6-5-7-9-19)31-30-32(27(25)20-11-13-21(38-3)14-12-20)28(34)24(39-30)17-18-10-15-23(36-2)22(33)16-18/h5-17,27,33H,4H2,1-3H3/b24-17-/t27-/m0/s1. The van der Waals surface area contributed by atoms with E-state index < -0.39 is 12.0 Å². The van der Waals surface area contributed by atoms with E-state index in [1.54, 1.807) is 41.5 Å². The minimum atomic E-state index is -0.738. The number of ether oxygens (including phenoxy) is 2. The van der Waals surface area contributed by atoms with Gasteiger partial charge in [-0.2, -0.15) is 0 Å². The van der Waals surface area contributed by atoms with Crippen LogP contribution < -0.4 is 19.6 Å². The first kappa shape index (κ1) is 26.5. The number of aromatic hydroxyl groups is 1. The first-order valence-corrected chi connectivity index (χ1v) is 14.3. The zero-order valence-electron chi connectivity index (χ0n) is 21.6. The Morgan fingerprint density at radius 2 is 1.87 bits per heavy atom. The summed E-state index contributed by atoms with van der Waals surface area (Å²) in [5.41, 5.74) is 2.65. The summed E-state index contributed by atoms with van der Waals surface area (Å²) in [4.78, 5) is 33.8. The van der Waals surface area contributed by atoms with Crippen LogP contribution in [0.5, 0.6) is 11.5 Å². The predicted molar refractivity (Wildman–Crippen MR) is 154 cm³/mol. The Balaban J connectivity index is 1.79. The van der Waals surface area contributed by atoms with Gasteiger partial charge in [-0.15, -0.1) is 11.8 Å². The van der Waals surface area contributed by atoms with Crippen LogP contribution in [0, 0.1) is 0 Å². The second-order valence-corrected chi connectivity index (χ2v) is 10.5. The van der Waals surface area contributed by atoms with E-state index in [2.05, 4.69) is 0 Å². The molecule has 1 aliphatic heterocycles. The quantitative estimate of drug-likeness (QED) is 0.268. The fraction of sp³-hybridized carbons (Fsp3) is 0.167. The van der Waals surface area contributed by atoms with Gasteiger partial charge in [0.1, 0.15) is 0 Å². The third kappa shape index (κ3) is 5.15. The van der Waals surface area contributed by atoms with Gasteiger partial charge in [-0.1, -0.05) is 59.9 Å². The van der Waals surface area contributed by atoms with Crippen molar-refractivity contribution in [2.45, 2.75) is 17.9 Å². The highest BCUT2D eigenvalue weighted by atomic mass is 32.2. The Bertz CT molecular complexity index is 1740. The molecule has 0 bridgehead atoms. The van der Waals surface area contributed by atoms with Gasteiger partial charge in [0.2, 0.25) is 0 Å². The number of carbonyl (C=O) groups excluding carboxylic acids is 1. The average molecular weight is 559 g/mol. The molecule has 1 aromatic heterocycles. The van der Waals surface area contributed by atoms with Gasteiger partial charge in [-0.05, 0) is 54.6 Å². The number of hydrogen-bond acceptors (Lipinski definition) is 8. The van der Waals surface area contributed by atoms with Crippen LogP contribution >= 0.6 is 23.1 Å². The van der Waals surface area contributed by atoms with Crippen LogP contribution in [0.2, 0.25) is 0 Å². The number of fused-ring (bicyclic) bond motifs is 1. The molecule has 0 spiro atoms. The van der Waals surface area contributed by atoms with Crippen LogP contribution in [0.4, 0.5) is 0 Å². The van der Waals surface area contributed by atoms with Crippen LogP contribution in [0.25, 0.3) is 11.8 Å². The topological polar surface area (TPSA) is 90.1 Å². The van der Waals surface area contributed by atoms with Crippen molar-refractivity contribution in [1.29, 1.82) is 0 Å². The fourth-order valence-corrected chi connectivity index (χ4v) is 5.90. The monoisotopic (exact) mass is 558 g/mol. The number of phenolic OH excluding ortho intramolecular Hbond substituents is 1. The molecule has 0 aliphatic carbocycles. The van der Waals surface area contributed by atoms with Crippen molar-refractivity contribution < 1.29 is 19.4 Å². The van der Waals surface area contributed by atoms with Gasteiger partial charge in [0.05, 0.1) is 35.6 Å². The molecule has 4 aromatic rings. The predicted octanol–water partition coefficient (Wildman–Crippen LogP) is 4.37. The summed E-state index contributed by atoms with van der Waals surface area (Å²) >= 11 is 2.84. The molecular formula is C30H26N2O5S2. The number of thiazole rings is 1. The minimum absolute atomic E-state index is 0.0262. The van der Waals surface area contributed by atoms with Crippen molar-refractivity contribution in [3.05, 3.63) is 115 Å². The molecule has 0 fully saturated rings. The number of aromatic nitrogens is 1. The molecule has 1 aliphatic rings. The van der Waals surface area contributed by atoms with Gasteiger partial charge in [0.15, 0.2) is 16.3 Å². The molecule has 7 nitrogen and oxygen atoms in total. The molecule has 0 saturated heterocycles. The molecule has 3 aromatic carbocycles. The lowest BCUT2D eigenvalue weighted by atomic mass is 9.93. The van der Waals surface area contributed by atoms with Crippen molar-refractivity contribution in [3.8, 4) is 11.5 Å². The van der Waals surface area contributed by atoms with E-state index in [1.165, 1.54) is 24.5 Å². The molecule has 5 rings (SSSR count). The molecule has 1 atom stereocenters. The highest BCUT2D eigenvalue weighted by Gasteiger charge is 2.35. The Hall–Kier alpha value is -4.08. The van der Waals surface area contributed by atoms with Gasteiger partial charge in [-0.25, -0.2) is 9.79 Å². The van der Waals surface area contributed by atoms with Crippen LogP contribution in [0.1, 0.15) is 29.7 Å². The lowest BCUT2D eigenvalue weighted by molar-refractivity contribution is -0.138. The van der Waals surface area contributed by atoms with Crippen LogP contribution in [-0.2, 0) is 9.53 Å². The van der Waals surface area contributed by atoms with Crippen LogP contribution in [0.15, 0.2) is 93.1 Å². The van der Waals surface area contributed by atoms with Crippen molar-refractivity contribution in [1.82, 2.24) is 4.57 Å². The zero-order chi connectivity index (χ0) is 27.5. The summed E-state index contributed by atoms with van der Waals surface area (Å²) in [5.74, 6) is -0.205. The van der Waals surface area contributed by atoms with Gasteiger partial charge >= 0.3 is 5.97 Å². The SMILES string of the molecule is CCOC(=O)C1=C(c2ccccc2)N=c2s/c(=C\c3ccc(OC)c(O)c3)c(=O)n2[C@H]1c1ccc(SC)cc1. The van der Waals surface area contributed by atoms with E-state index in [-0.39, 0.29) is 17.9 Å². The van der Waals surface area contributed by atoms with Crippen molar-refractivity contribution in [3.63, 3.8) is 0 Å². The lowest BCUT2D eigenvalue weighted by Gasteiger charge is -2.26. The number of thioether (sulfide) groups is 1. The summed E-state index contributed by atoms with van der Waals surface area (Å²) in [6, 6.07) is 21.5. The molecular weight excluding hydrogens is 532 g/mol. The van der Waals surface area contributed by atoms with E-state index in [9.17, 15) is 14.7 Å². The number of phenols is 1. The molecule has 1 N–H and O–H groups in total.